The van der Waals surface area contributed by atoms with Crippen LogP contribution >= 0.6 is 15.9 Å². The van der Waals surface area contributed by atoms with Gasteiger partial charge in [-0.3, -0.25) is 14.5 Å². The highest BCUT2D eigenvalue weighted by atomic mass is 79.9. The summed E-state index contributed by atoms with van der Waals surface area (Å²) in [5, 5.41) is 5.41. The van der Waals surface area contributed by atoms with E-state index in [4.69, 9.17) is 0 Å². The van der Waals surface area contributed by atoms with Gasteiger partial charge in [-0.15, -0.1) is 0 Å². The summed E-state index contributed by atoms with van der Waals surface area (Å²) in [5.41, 5.74) is 1.76. The van der Waals surface area contributed by atoms with E-state index in [-0.39, 0.29) is 24.4 Å². The van der Waals surface area contributed by atoms with Gasteiger partial charge in [-0.05, 0) is 44.7 Å². The molecule has 0 fully saturated rings. The Morgan fingerprint density at radius 1 is 1.40 bits per heavy atom. The van der Waals surface area contributed by atoms with E-state index >= 15 is 0 Å². The normalized spacial score (nSPS) is 12.1. The van der Waals surface area contributed by atoms with Crippen molar-refractivity contribution in [1.29, 1.82) is 0 Å². The number of carbonyl (C=O) groups excluding carboxylic acids is 2. The van der Waals surface area contributed by atoms with Crippen LogP contribution in [0.1, 0.15) is 12.5 Å². The monoisotopic (exact) mass is 341 g/mol. The van der Waals surface area contributed by atoms with Crippen molar-refractivity contribution in [3.05, 3.63) is 28.2 Å². The molecule has 0 bridgehead atoms. The number of rotatable bonds is 5. The van der Waals surface area contributed by atoms with Gasteiger partial charge in [-0.25, -0.2) is 0 Å². The molecule has 5 nitrogen and oxygen atoms in total. The maximum Gasteiger partial charge on any atom is 0.238 e. The third-order valence-electron chi connectivity index (χ3n) is 3.14. The van der Waals surface area contributed by atoms with Crippen molar-refractivity contribution < 1.29 is 9.59 Å². The van der Waals surface area contributed by atoms with Gasteiger partial charge in [0.1, 0.15) is 0 Å². The topological polar surface area (TPSA) is 61.4 Å². The minimum Gasteiger partial charge on any atom is -0.358 e. The van der Waals surface area contributed by atoms with Crippen molar-refractivity contribution in [3.8, 4) is 0 Å². The molecule has 1 aromatic rings. The second kappa shape index (κ2) is 7.40. The van der Waals surface area contributed by atoms with E-state index in [9.17, 15) is 9.59 Å². The lowest BCUT2D eigenvalue weighted by atomic mass is 10.2. The van der Waals surface area contributed by atoms with Crippen LogP contribution in [0.3, 0.4) is 0 Å². The van der Waals surface area contributed by atoms with Crippen LogP contribution in [0.4, 0.5) is 5.69 Å². The Labute approximate surface area is 127 Å². The van der Waals surface area contributed by atoms with Gasteiger partial charge < -0.3 is 10.6 Å². The first kappa shape index (κ1) is 16.7. The molecular formula is C14H20BrN3O2. The molecule has 0 aliphatic heterocycles. The first-order valence-electron chi connectivity index (χ1n) is 6.33. The van der Waals surface area contributed by atoms with E-state index < -0.39 is 0 Å². The third kappa shape index (κ3) is 4.61. The molecule has 0 radical (unpaired) electrons. The van der Waals surface area contributed by atoms with Crippen molar-refractivity contribution in [1.82, 2.24) is 10.2 Å². The number of benzene rings is 1. The second-order valence-corrected chi connectivity index (χ2v) is 5.63. The highest BCUT2D eigenvalue weighted by molar-refractivity contribution is 9.10. The summed E-state index contributed by atoms with van der Waals surface area (Å²) in [5.74, 6) is -0.256. The number of halogens is 1. The van der Waals surface area contributed by atoms with Crippen molar-refractivity contribution >= 4 is 33.4 Å². The van der Waals surface area contributed by atoms with Crippen molar-refractivity contribution in [2.24, 2.45) is 0 Å². The van der Waals surface area contributed by atoms with Gasteiger partial charge in [0.25, 0.3) is 0 Å². The number of hydrogen-bond acceptors (Lipinski definition) is 3. The molecule has 0 saturated heterocycles. The molecule has 1 aromatic carbocycles. The Balaban J connectivity index is 2.61. The van der Waals surface area contributed by atoms with E-state index in [2.05, 4.69) is 26.6 Å². The average molecular weight is 342 g/mol. The molecule has 20 heavy (non-hydrogen) atoms. The molecule has 6 heteroatoms. The average Bonchev–Trinajstić information content (AvgIpc) is 2.40. The van der Waals surface area contributed by atoms with Crippen LogP contribution in [0.25, 0.3) is 0 Å². The van der Waals surface area contributed by atoms with Crippen molar-refractivity contribution in [2.45, 2.75) is 19.9 Å². The zero-order valence-corrected chi connectivity index (χ0v) is 13.7. The molecular weight excluding hydrogens is 322 g/mol. The Hall–Kier alpha value is -1.40. The molecule has 0 heterocycles. The molecule has 1 rings (SSSR count). The number of carbonyl (C=O) groups is 2. The van der Waals surface area contributed by atoms with Gasteiger partial charge in [0.05, 0.1) is 12.6 Å². The molecule has 0 aromatic heterocycles. The molecule has 0 aliphatic carbocycles. The zero-order valence-electron chi connectivity index (χ0n) is 12.2. The highest BCUT2D eigenvalue weighted by Gasteiger charge is 2.19. The molecule has 0 spiro atoms. The molecule has 1 atom stereocenters. The molecule has 2 N–H and O–H groups in total. The maximum absolute atomic E-state index is 12.0. The van der Waals surface area contributed by atoms with Gasteiger partial charge in [-0.1, -0.05) is 15.9 Å². The predicted molar refractivity (Wildman–Crippen MR) is 83.7 cm³/mol. The van der Waals surface area contributed by atoms with Gasteiger partial charge in [0.15, 0.2) is 0 Å². The highest BCUT2D eigenvalue weighted by Crippen LogP contribution is 2.19. The van der Waals surface area contributed by atoms with Crippen LogP contribution < -0.4 is 10.6 Å². The summed E-state index contributed by atoms with van der Waals surface area (Å²) in [7, 11) is 3.33. The minimum absolute atomic E-state index is 0.111. The largest absolute Gasteiger partial charge is 0.358 e. The lowest BCUT2D eigenvalue weighted by molar-refractivity contribution is -0.126. The fraction of sp³-hybridized carbons (Fsp3) is 0.429. The van der Waals surface area contributed by atoms with Crippen LogP contribution in [0.5, 0.6) is 0 Å². The van der Waals surface area contributed by atoms with E-state index in [0.717, 1.165) is 15.7 Å². The zero-order chi connectivity index (χ0) is 15.3. The summed E-state index contributed by atoms with van der Waals surface area (Å²) in [6, 6.07) is 5.31. The molecule has 110 valence electrons. The van der Waals surface area contributed by atoms with E-state index in [0.29, 0.717) is 0 Å². The summed E-state index contributed by atoms with van der Waals surface area (Å²) in [6.45, 7) is 3.85. The van der Waals surface area contributed by atoms with E-state index in [1.165, 1.54) is 0 Å². The number of aryl methyl sites for hydroxylation is 1. The second-order valence-electron chi connectivity index (χ2n) is 4.71. The predicted octanol–water partition coefficient (Wildman–Crippen LogP) is 1.76. The standard InChI is InChI=1S/C14H20BrN3O2/c1-9-7-11(15)5-6-12(9)17-13(19)8-18(4)10(2)14(20)16-3/h5-7,10H,8H2,1-4H3,(H,16,20)(H,17,19)/t10-/m0/s1. The quantitative estimate of drug-likeness (QED) is 0.857. The van der Waals surface area contributed by atoms with Gasteiger partial charge in [0, 0.05) is 17.2 Å². The van der Waals surface area contributed by atoms with Crippen LogP contribution in [0, 0.1) is 6.92 Å². The van der Waals surface area contributed by atoms with E-state index in [1.807, 2.05) is 25.1 Å². The Morgan fingerprint density at radius 2 is 2.05 bits per heavy atom. The number of amides is 2. The Morgan fingerprint density at radius 3 is 2.60 bits per heavy atom. The van der Waals surface area contributed by atoms with Gasteiger partial charge in [0.2, 0.25) is 11.8 Å². The fourth-order valence-corrected chi connectivity index (χ4v) is 2.21. The van der Waals surface area contributed by atoms with Crippen LogP contribution in [-0.4, -0.2) is 43.4 Å². The SMILES string of the molecule is CNC(=O)[C@H](C)N(C)CC(=O)Nc1ccc(Br)cc1C. The molecule has 2 amide bonds. The van der Waals surface area contributed by atoms with Gasteiger partial charge in [-0.2, -0.15) is 0 Å². The van der Waals surface area contributed by atoms with Gasteiger partial charge >= 0.3 is 0 Å². The summed E-state index contributed by atoms with van der Waals surface area (Å²) < 4.78 is 0.971. The smallest absolute Gasteiger partial charge is 0.238 e. The number of likely N-dealkylation sites (N-methyl/N-ethyl adjacent to an activating group) is 2. The number of anilines is 1. The minimum atomic E-state index is -0.350. The van der Waals surface area contributed by atoms with E-state index in [1.54, 1.807) is 25.9 Å². The molecule has 0 saturated carbocycles. The Bertz CT molecular complexity index is 505. The van der Waals surface area contributed by atoms with Crippen LogP contribution in [0.2, 0.25) is 0 Å². The number of nitrogens with one attached hydrogen (secondary N) is 2. The Kier molecular flexibility index (Phi) is 6.16. The molecule has 0 aliphatic rings. The maximum atomic E-state index is 12.0. The van der Waals surface area contributed by atoms with Crippen LogP contribution in [-0.2, 0) is 9.59 Å². The summed E-state index contributed by atoms with van der Waals surface area (Å²) in [6.07, 6.45) is 0. The number of hydrogen-bond donors (Lipinski definition) is 2. The number of nitrogens with zero attached hydrogens (tertiary/aromatic N) is 1. The summed E-state index contributed by atoms with van der Waals surface area (Å²) in [4.78, 5) is 25.2. The van der Waals surface area contributed by atoms with Crippen LogP contribution in [0.15, 0.2) is 22.7 Å². The lowest BCUT2D eigenvalue weighted by Crippen LogP contribution is -2.44. The fourth-order valence-electron chi connectivity index (χ4n) is 1.73. The third-order valence-corrected chi connectivity index (χ3v) is 3.64. The molecule has 0 unspecified atom stereocenters. The van der Waals surface area contributed by atoms with Crippen molar-refractivity contribution in [3.63, 3.8) is 0 Å². The first-order valence-corrected chi connectivity index (χ1v) is 7.12. The summed E-state index contributed by atoms with van der Waals surface area (Å²) >= 11 is 3.38. The lowest BCUT2D eigenvalue weighted by Gasteiger charge is -2.22. The van der Waals surface area contributed by atoms with Crippen molar-refractivity contribution in [2.75, 3.05) is 26.0 Å². The first-order chi connectivity index (χ1) is 9.35.